The van der Waals surface area contributed by atoms with Gasteiger partial charge in [-0.05, 0) is 30.8 Å². The average molecular weight is 309 g/mol. The van der Waals surface area contributed by atoms with Crippen molar-refractivity contribution in [3.63, 3.8) is 0 Å². The fraction of sp³-hybridized carbons (Fsp3) is 0.357. The molecule has 0 fully saturated rings. The molecular formula is C14H19N3O3S. The molecule has 0 atom stereocenters. The predicted octanol–water partition coefficient (Wildman–Crippen LogP) is 1.29. The number of amides is 2. The van der Waals surface area contributed by atoms with Gasteiger partial charge in [-0.25, -0.2) is 0 Å². The van der Waals surface area contributed by atoms with Crippen molar-refractivity contribution in [1.29, 1.82) is 0 Å². The first-order valence-electron chi connectivity index (χ1n) is 6.49. The third kappa shape index (κ3) is 6.33. The van der Waals surface area contributed by atoms with Gasteiger partial charge in [0.25, 0.3) is 5.91 Å². The van der Waals surface area contributed by atoms with Crippen LogP contribution in [-0.2, 0) is 9.53 Å². The van der Waals surface area contributed by atoms with Crippen molar-refractivity contribution < 1.29 is 14.3 Å². The Balaban J connectivity index is 2.67. The van der Waals surface area contributed by atoms with Gasteiger partial charge in [0.1, 0.15) is 0 Å². The summed E-state index contributed by atoms with van der Waals surface area (Å²) in [4.78, 5) is 23.0. The second-order valence-electron chi connectivity index (χ2n) is 4.28. The van der Waals surface area contributed by atoms with Crippen LogP contribution in [0.15, 0.2) is 24.3 Å². The van der Waals surface area contributed by atoms with Crippen molar-refractivity contribution in [3.8, 4) is 0 Å². The van der Waals surface area contributed by atoms with Crippen molar-refractivity contribution in [2.45, 2.75) is 13.3 Å². The second kappa shape index (κ2) is 9.04. The van der Waals surface area contributed by atoms with E-state index in [0.717, 1.165) is 6.42 Å². The molecule has 0 radical (unpaired) electrons. The zero-order chi connectivity index (χ0) is 15.7. The minimum atomic E-state index is -0.269. The van der Waals surface area contributed by atoms with Crippen molar-refractivity contribution in [1.82, 2.24) is 10.6 Å². The second-order valence-corrected chi connectivity index (χ2v) is 4.69. The van der Waals surface area contributed by atoms with E-state index < -0.39 is 0 Å². The van der Waals surface area contributed by atoms with E-state index in [2.05, 4.69) is 16.0 Å². The van der Waals surface area contributed by atoms with Gasteiger partial charge < -0.3 is 20.7 Å². The van der Waals surface area contributed by atoms with Crippen LogP contribution in [0.4, 0.5) is 5.69 Å². The smallest absolute Gasteiger partial charge is 0.253 e. The van der Waals surface area contributed by atoms with Gasteiger partial charge in [-0.3, -0.25) is 9.59 Å². The fourth-order valence-corrected chi connectivity index (χ4v) is 1.87. The zero-order valence-electron chi connectivity index (χ0n) is 12.1. The molecule has 7 heteroatoms. The van der Waals surface area contributed by atoms with Crippen LogP contribution >= 0.6 is 12.2 Å². The number of carbonyl (C=O) groups excluding carboxylic acids is 2. The number of anilines is 1. The first kappa shape index (κ1) is 17.1. The van der Waals surface area contributed by atoms with Gasteiger partial charge in [0.2, 0.25) is 5.91 Å². The Morgan fingerprint density at radius 2 is 2.00 bits per heavy atom. The summed E-state index contributed by atoms with van der Waals surface area (Å²) in [5.41, 5.74) is 1.00. The van der Waals surface area contributed by atoms with Crippen LogP contribution in [0.3, 0.4) is 0 Å². The Bertz CT molecular complexity index is 520. The lowest BCUT2D eigenvalue weighted by atomic mass is 10.1. The molecule has 0 aliphatic carbocycles. The Morgan fingerprint density at radius 3 is 2.67 bits per heavy atom. The summed E-state index contributed by atoms with van der Waals surface area (Å²) in [5.74, 6) is -0.478. The molecule has 6 nitrogen and oxygen atoms in total. The van der Waals surface area contributed by atoms with Crippen LogP contribution in [0.5, 0.6) is 0 Å². The third-order valence-electron chi connectivity index (χ3n) is 2.52. The molecule has 2 amide bonds. The molecule has 21 heavy (non-hydrogen) atoms. The number of carbonyl (C=O) groups is 2. The van der Waals surface area contributed by atoms with E-state index in [1.807, 2.05) is 0 Å². The van der Waals surface area contributed by atoms with E-state index in [1.165, 1.54) is 6.92 Å². The van der Waals surface area contributed by atoms with Crippen LogP contribution in [0.25, 0.3) is 0 Å². The van der Waals surface area contributed by atoms with E-state index in [4.69, 9.17) is 17.0 Å². The number of thiocarbonyl (C=S) groups is 1. The van der Waals surface area contributed by atoms with Crippen LogP contribution < -0.4 is 16.0 Å². The average Bonchev–Trinajstić information content (AvgIpc) is 2.43. The minimum absolute atomic E-state index is 0.155. The van der Waals surface area contributed by atoms with E-state index >= 15 is 0 Å². The highest BCUT2D eigenvalue weighted by molar-refractivity contribution is 7.80. The monoisotopic (exact) mass is 309 g/mol. The van der Waals surface area contributed by atoms with E-state index in [0.29, 0.717) is 24.4 Å². The van der Waals surface area contributed by atoms with Gasteiger partial charge in [0.05, 0.1) is 11.3 Å². The van der Waals surface area contributed by atoms with Crippen LogP contribution in [0, 0.1) is 0 Å². The lowest BCUT2D eigenvalue weighted by molar-refractivity contribution is -0.117. The summed E-state index contributed by atoms with van der Waals surface area (Å²) < 4.78 is 4.92. The van der Waals surface area contributed by atoms with Gasteiger partial charge in [-0.15, -0.1) is 0 Å². The number of para-hydroxylation sites is 1. The first-order chi connectivity index (χ1) is 10.0. The normalized spacial score (nSPS) is 9.81. The van der Waals surface area contributed by atoms with E-state index in [-0.39, 0.29) is 16.9 Å². The molecule has 0 heterocycles. The van der Waals surface area contributed by atoms with E-state index in [9.17, 15) is 9.59 Å². The molecule has 0 unspecified atom stereocenters. The highest BCUT2D eigenvalue weighted by atomic mass is 32.1. The Kier molecular flexibility index (Phi) is 7.34. The fourth-order valence-electron chi connectivity index (χ4n) is 1.62. The molecule has 0 aliphatic heterocycles. The molecule has 0 aromatic heterocycles. The summed E-state index contributed by atoms with van der Waals surface area (Å²) >= 11 is 4.99. The van der Waals surface area contributed by atoms with Gasteiger partial charge >= 0.3 is 0 Å². The predicted molar refractivity (Wildman–Crippen MR) is 85.3 cm³/mol. The van der Waals surface area contributed by atoms with Gasteiger partial charge in [0, 0.05) is 27.2 Å². The van der Waals surface area contributed by atoms with Crippen molar-refractivity contribution in [3.05, 3.63) is 29.8 Å². The maximum atomic E-state index is 12.1. The molecule has 114 valence electrons. The van der Waals surface area contributed by atoms with E-state index in [1.54, 1.807) is 31.4 Å². The molecule has 3 N–H and O–H groups in total. The van der Waals surface area contributed by atoms with Gasteiger partial charge in [-0.1, -0.05) is 12.1 Å². The quantitative estimate of drug-likeness (QED) is 0.545. The summed E-state index contributed by atoms with van der Waals surface area (Å²) in [6, 6.07) is 6.94. The lowest BCUT2D eigenvalue weighted by Gasteiger charge is -2.12. The molecule has 1 rings (SSSR count). The van der Waals surface area contributed by atoms with Crippen molar-refractivity contribution >= 4 is 34.8 Å². The number of hydrogen-bond donors (Lipinski definition) is 3. The molecule has 1 aromatic carbocycles. The maximum absolute atomic E-state index is 12.1. The number of ether oxygens (including phenoxy) is 1. The van der Waals surface area contributed by atoms with Gasteiger partial charge in [0.15, 0.2) is 5.11 Å². The van der Waals surface area contributed by atoms with Gasteiger partial charge in [-0.2, -0.15) is 0 Å². The minimum Gasteiger partial charge on any atom is -0.385 e. The molecule has 0 bridgehead atoms. The standard InChI is InChI=1S/C14H19N3O3S/c1-10(18)16-14(21)17-12-7-4-3-6-11(12)13(19)15-8-5-9-20-2/h3-4,6-7H,5,8-9H2,1-2H3,(H,15,19)(H2,16,17,18,21). The molecule has 0 aliphatic rings. The highest BCUT2D eigenvalue weighted by Crippen LogP contribution is 2.14. The zero-order valence-corrected chi connectivity index (χ0v) is 12.9. The van der Waals surface area contributed by atoms with Crippen LogP contribution in [-0.4, -0.2) is 37.2 Å². The summed E-state index contributed by atoms with van der Waals surface area (Å²) in [6.45, 7) is 2.48. The number of methoxy groups -OCH3 is 1. The molecule has 1 aromatic rings. The number of hydrogen-bond acceptors (Lipinski definition) is 4. The van der Waals surface area contributed by atoms with Crippen molar-refractivity contribution in [2.24, 2.45) is 0 Å². The lowest BCUT2D eigenvalue weighted by Crippen LogP contribution is -2.33. The molecule has 0 saturated heterocycles. The Labute approximate surface area is 129 Å². The third-order valence-corrected chi connectivity index (χ3v) is 2.72. The maximum Gasteiger partial charge on any atom is 0.253 e. The first-order valence-corrected chi connectivity index (χ1v) is 6.90. The SMILES string of the molecule is COCCCNC(=O)c1ccccc1NC(=S)NC(C)=O. The number of nitrogens with one attached hydrogen (secondary N) is 3. The van der Waals surface area contributed by atoms with Crippen LogP contribution in [0.2, 0.25) is 0 Å². The summed E-state index contributed by atoms with van der Waals surface area (Å²) in [6.07, 6.45) is 0.738. The largest absolute Gasteiger partial charge is 0.385 e. The topological polar surface area (TPSA) is 79.5 Å². The molecule has 0 spiro atoms. The highest BCUT2D eigenvalue weighted by Gasteiger charge is 2.11. The summed E-state index contributed by atoms with van der Waals surface area (Å²) in [5, 5.41) is 8.24. The molecule has 0 saturated carbocycles. The van der Waals surface area contributed by atoms with Crippen molar-refractivity contribution in [2.75, 3.05) is 25.6 Å². The summed E-state index contributed by atoms with van der Waals surface area (Å²) in [7, 11) is 1.62. The Hall–Kier alpha value is -1.99. The molecular weight excluding hydrogens is 290 g/mol. The number of benzene rings is 1. The number of rotatable bonds is 6. The Morgan fingerprint density at radius 1 is 1.29 bits per heavy atom. The van der Waals surface area contributed by atoms with Crippen LogP contribution in [0.1, 0.15) is 23.7 Å².